The van der Waals surface area contributed by atoms with Crippen LogP contribution in [0.5, 0.6) is 0 Å². The molecule has 0 unspecified atom stereocenters. The Balaban J connectivity index is 1.69. The van der Waals surface area contributed by atoms with Crippen molar-refractivity contribution in [3.8, 4) is 0 Å². The summed E-state index contributed by atoms with van der Waals surface area (Å²) in [7, 11) is 0. The van der Waals surface area contributed by atoms with Gasteiger partial charge in [0.15, 0.2) is 0 Å². The van der Waals surface area contributed by atoms with Gasteiger partial charge in [-0.1, -0.05) is 27.7 Å². The van der Waals surface area contributed by atoms with Crippen molar-refractivity contribution in [1.82, 2.24) is 10.2 Å². The minimum absolute atomic E-state index is 0.511. The van der Waals surface area contributed by atoms with Crippen LogP contribution in [0.1, 0.15) is 66.2 Å². The largest absolute Gasteiger partial charge is 0.311 e. The molecule has 1 aliphatic heterocycles. The summed E-state index contributed by atoms with van der Waals surface area (Å²) in [6.45, 7) is 13.3. The molecule has 1 aliphatic carbocycles. The van der Waals surface area contributed by atoms with Crippen molar-refractivity contribution < 1.29 is 0 Å². The van der Waals surface area contributed by atoms with Crippen LogP contribution >= 0.6 is 0 Å². The zero-order chi connectivity index (χ0) is 13.9. The maximum atomic E-state index is 3.95. The number of rotatable bonds is 3. The quantitative estimate of drug-likeness (QED) is 0.838. The molecule has 0 aromatic rings. The summed E-state index contributed by atoms with van der Waals surface area (Å²) in [6.07, 6.45) is 8.36. The molecule has 19 heavy (non-hydrogen) atoms. The van der Waals surface area contributed by atoms with E-state index in [0.717, 1.165) is 18.0 Å². The lowest BCUT2D eigenvalue weighted by atomic mass is 9.71. The van der Waals surface area contributed by atoms with Crippen LogP contribution in [0.25, 0.3) is 0 Å². The summed E-state index contributed by atoms with van der Waals surface area (Å²) in [5, 5.41) is 3.95. The SMILES string of the molecule is CCN1CCC(NC2CCC(C(C)(C)C)CC2)CC1. The van der Waals surface area contributed by atoms with Gasteiger partial charge in [-0.3, -0.25) is 0 Å². The number of nitrogens with zero attached hydrogens (tertiary/aromatic N) is 1. The molecule has 1 saturated heterocycles. The van der Waals surface area contributed by atoms with Gasteiger partial charge in [0.25, 0.3) is 0 Å². The molecule has 1 heterocycles. The molecule has 2 rings (SSSR count). The van der Waals surface area contributed by atoms with Gasteiger partial charge in [-0.2, -0.15) is 0 Å². The Morgan fingerprint density at radius 3 is 1.89 bits per heavy atom. The molecule has 112 valence electrons. The van der Waals surface area contributed by atoms with Gasteiger partial charge in [-0.25, -0.2) is 0 Å². The van der Waals surface area contributed by atoms with Gasteiger partial charge in [0.05, 0.1) is 0 Å². The average Bonchev–Trinajstić information content (AvgIpc) is 2.39. The molecule has 0 radical (unpaired) electrons. The van der Waals surface area contributed by atoms with E-state index < -0.39 is 0 Å². The Morgan fingerprint density at radius 2 is 1.42 bits per heavy atom. The van der Waals surface area contributed by atoms with E-state index in [1.807, 2.05) is 0 Å². The van der Waals surface area contributed by atoms with E-state index in [4.69, 9.17) is 0 Å². The lowest BCUT2D eigenvalue weighted by Gasteiger charge is -2.40. The summed E-state index contributed by atoms with van der Waals surface area (Å²) in [4.78, 5) is 2.58. The van der Waals surface area contributed by atoms with Gasteiger partial charge < -0.3 is 10.2 Å². The van der Waals surface area contributed by atoms with E-state index in [2.05, 4.69) is 37.9 Å². The Morgan fingerprint density at radius 1 is 0.895 bits per heavy atom. The fraction of sp³-hybridized carbons (Fsp3) is 1.00. The molecule has 0 amide bonds. The van der Waals surface area contributed by atoms with E-state index in [0.29, 0.717) is 5.41 Å². The van der Waals surface area contributed by atoms with E-state index in [9.17, 15) is 0 Å². The highest BCUT2D eigenvalue weighted by Crippen LogP contribution is 2.37. The molecule has 2 heteroatoms. The fourth-order valence-electron chi connectivity index (χ4n) is 3.88. The first-order valence-electron chi connectivity index (χ1n) is 8.47. The van der Waals surface area contributed by atoms with Crippen LogP contribution in [0, 0.1) is 11.3 Å². The normalized spacial score (nSPS) is 31.6. The minimum Gasteiger partial charge on any atom is -0.311 e. The zero-order valence-corrected chi connectivity index (χ0v) is 13.5. The second-order valence-corrected chi connectivity index (χ2v) is 7.79. The molecule has 2 aliphatic rings. The molecule has 0 aromatic carbocycles. The van der Waals surface area contributed by atoms with E-state index >= 15 is 0 Å². The van der Waals surface area contributed by atoms with Crippen molar-refractivity contribution in [1.29, 1.82) is 0 Å². The number of nitrogens with one attached hydrogen (secondary N) is 1. The Hall–Kier alpha value is -0.0800. The van der Waals surface area contributed by atoms with Crippen molar-refractivity contribution in [2.75, 3.05) is 19.6 Å². The molecular formula is C17H34N2. The van der Waals surface area contributed by atoms with Gasteiger partial charge >= 0.3 is 0 Å². The number of piperidine rings is 1. The van der Waals surface area contributed by atoms with Crippen LogP contribution in [0.2, 0.25) is 0 Å². The Kier molecular flexibility index (Phi) is 5.30. The van der Waals surface area contributed by atoms with Crippen molar-refractivity contribution in [3.05, 3.63) is 0 Å². The second kappa shape index (κ2) is 6.58. The summed E-state index contributed by atoms with van der Waals surface area (Å²) in [6, 6.07) is 1.59. The third kappa shape index (κ3) is 4.46. The first kappa shape index (κ1) is 15.3. The van der Waals surface area contributed by atoms with Crippen LogP contribution in [0.4, 0.5) is 0 Å². The van der Waals surface area contributed by atoms with Crippen LogP contribution in [0.3, 0.4) is 0 Å². The summed E-state index contributed by atoms with van der Waals surface area (Å²) >= 11 is 0. The maximum Gasteiger partial charge on any atom is 0.00940 e. The summed E-state index contributed by atoms with van der Waals surface area (Å²) in [5.74, 6) is 0.937. The number of likely N-dealkylation sites (tertiary alicyclic amines) is 1. The molecular weight excluding hydrogens is 232 g/mol. The molecule has 0 bridgehead atoms. The highest BCUT2D eigenvalue weighted by Gasteiger charge is 2.30. The lowest BCUT2D eigenvalue weighted by Crippen LogP contribution is -2.47. The van der Waals surface area contributed by atoms with Crippen LogP contribution in [-0.2, 0) is 0 Å². The molecule has 0 spiro atoms. The van der Waals surface area contributed by atoms with Crippen LogP contribution in [-0.4, -0.2) is 36.6 Å². The average molecular weight is 266 g/mol. The summed E-state index contributed by atoms with van der Waals surface area (Å²) in [5.41, 5.74) is 0.511. The first-order chi connectivity index (χ1) is 8.99. The highest BCUT2D eigenvalue weighted by molar-refractivity contribution is 4.86. The molecule has 1 N–H and O–H groups in total. The van der Waals surface area contributed by atoms with Gasteiger partial charge in [0.2, 0.25) is 0 Å². The van der Waals surface area contributed by atoms with Gasteiger partial charge in [0.1, 0.15) is 0 Å². The number of hydrogen-bond acceptors (Lipinski definition) is 2. The number of hydrogen-bond donors (Lipinski definition) is 1. The third-order valence-corrected chi connectivity index (χ3v) is 5.46. The topological polar surface area (TPSA) is 15.3 Å². The molecule has 1 saturated carbocycles. The van der Waals surface area contributed by atoms with Crippen molar-refractivity contribution in [2.45, 2.75) is 78.3 Å². The Labute approximate surface area is 120 Å². The molecule has 2 nitrogen and oxygen atoms in total. The Bertz CT molecular complexity index is 253. The second-order valence-electron chi connectivity index (χ2n) is 7.79. The summed E-state index contributed by atoms with van der Waals surface area (Å²) < 4.78 is 0. The lowest BCUT2D eigenvalue weighted by molar-refractivity contribution is 0.143. The third-order valence-electron chi connectivity index (χ3n) is 5.46. The smallest absolute Gasteiger partial charge is 0.00940 e. The first-order valence-corrected chi connectivity index (χ1v) is 8.47. The van der Waals surface area contributed by atoms with Crippen molar-refractivity contribution in [3.63, 3.8) is 0 Å². The monoisotopic (exact) mass is 266 g/mol. The van der Waals surface area contributed by atoms with Crippen LogP contribution in [0.15, 0.2) is 0 Å². The van der Waals surface area contributed by atoms with E-state index in [-0.39, 0.29) is 0 Å². The zero-order valence-electron chi connectivity index (χ0n) is 13.5. The molecule has 0 aromatic heterocycles. The van der Waals surface area contributed by atoms with Crippen molar-refractivity contribution >= 4 is 0 Å². The van der Waals surface area contributed by atoms with Crippen LogP contribution < -0.4 is 5.32 Å². The maximum absolute atomic E-state index is 3.95. The van der Waals surface area contributed by atoms with Gasteiger partial charge in [-0.05, 0) is 69.5 Å². The predicted molar refractivity (Wildman–Crippen MR) is 83.5 cm³/mol. The fourth-order valence-corrected chi connectivity index (χ4v) is 3.88. The van der Waals surface area contributed by atoms with Gasteiger partial charge in [0, 0.05) is 12.1 Å². The van der Waals surface area contributed by atoms with E-state index in [1.165, 1.54) is 58.2 Å². The molecule has 0 atom stereocenters. The molecule has 2 fully saturated rings. The van der Waals surface area contributed by atoms with Gasteiger partial charge in [-0.15, -0.1) is 0 Å². The predicted octanol–water partition coefficient (Wildman–Crippen LogP) is 3.67. The minimum atomic E-state index is 0.511. The highest BCUT2D eigenvalue weighted by atomic mass is 15.1. The standard InChI is InChI=1S/C17H34N2/c1-5-19-12-10-16(11-13-19)18-15-8-6-14(7-9-15)17(2,3)4/h14-16,18H,5-13H2,1-4H3. The van der Waals surface area contributed by atoms with Crippen molar-refractivity contribution in [2.24, 2.45) is 11.3 Å². The van der Waals surface area contributed by atoms with E-state index in [1.54, 1.807) is 0 Å².